The van der Waals surface area contributed by atoms with Crippen molar-refractivity contribution in [2.75, 3.05) is 18.6 Å². The lowest BCUT2D eigenvalue weighted by molar-refractivity contribution is -0.153. The summed E-state index contributed by atoms with van der Waals surface area (Å²) >= 11 is 0. The van der Waals surface area contributed by atoms with Gasteiger partial charge in [-0.15, -0.1) is 0 Å². The summed E-state index contributed by atoms with van der Waals surface area (Å²) in [5.74, 6) is -0.726. The molecule has 1 saturated heterocycles. The van der Waals surface area contributed by atoms with Gasteiger partial charge in [0, 0.05) is 12.2 Å². The lowest BCUT2D eigenvalue weighted by atomic mass is 9.81. The molecule has 1 aromatic rings. The third-order valence-corrected chi connectivity index (χ3v) is 4.44. The first-order valence-corrected chi connectivity index (χ1v) is 6.79. The molecule has 1 aromatic carbocycles. The van der Waals surface area contributed by atoms with E-state index >= 15 is 0 Å². The maximum atomic E-state index is 12.6. The van der Waals surface area contributed by atoms with Gasteiger partial charge in [0.05, 0.1) is 18.4 Å². The van der Waals surface area contributed by atoms with Crippen molar-refractivity contribution in [3.63, 3.8) is 0 Å². The molecule has 0 spiro atoms. The van der Waals surface area contributed by atoms with Crippen molar-refractivity contribution in [1.29, 1.82) is 0 Å². The highest BCUT2D eigenvalue weighted by Crippen LogP contribution is 2.41. The van der Waals surface area contributed by atoms with Crippen molar-refractivity contribution in [3.8, 4) is 0 Å². The molecular weight excluding hydrogens is 254 g/mol. The predicted molar refractivity (Wildman–Crippen MR) is 77.6 cm³/mol. The fourth-order valence-corrected chi connectivity index (χ4v) is 2.94. The quantitative estimate of drug-likeness (QED) is 0.779. The summed E-state index contributed by atoms with van der Waals surface area (Å²) in [5, 5.41) is 0. The average molecular weight is 275 g/mol. The maximum Gasteiger partial charge on any atom is 0.314 e. The van der Waals surface area contributed by atoms with Crippen LogP contribution in [0, 0.1) is 25.2 Å². The Hall–Kier alpha value is -1.84. The van der Waals surface area contributed by atoms with Crippen LogP contribution in [0.5, 0.6) is 0 Å². The normalized spacial score (nSPS) is 25.9. The smallest absolute Gasteiger partial charge is 0.314 e. The van der Waals surface area contributed by atoms with Gasteiger partial charge < -0.3 is 9.64 Å². The summed E-state index contributed by atoms with van der Waals surface area (Å²) in [6.45, 7) is 7.93. The minimum absolute atomic E-state index is 0.0182. The number of benzene rings is 1. The van der Waals surface area contributed by atoms with E-state index in [1.807, 2.05) is 32.0 Å². The van der Waals surface area contributed by atoms with Crippen molar-refractivity contribution in [3.05, 3.63) is 29.3 Å². The highest BCUT2D eigenvalue weighted by molar-refractivity contribution is 6.03. The highest BCUT2D eigenvalue weighted by atomic mass is 16.5. The number of aryl methyl sites for hydroxylation is 2. The Balaban J connectivity index is 2.46. The van der Waals surface area contributed by atoms with Crippen LogP contribution in [0.4, 0.5) is 5.69 Å². The van der Waals surface area contributed by atoms with Crippen LogP contribution in [0.2, 0.25) is 0 Å². The van der Waals surface area contributed by atoms with E-state index in [0.29, 0.717) is 6.54 Å². The van der Waals surface area contributed by atoms with Crippen molar-refractivity contribution < 1.29 is 14.3 Å². The molecular formula is C16H21NO3. The fourth-order valence-electron chi connectivity index (χ4n) is 2.94. The topological polar surface area (TPSA) is 46.6 Å². The zero-order valence-electron chi connectivity index (χ0n) is 12.7. The van der Waals surface area contributed by atoms with Gasteiger partial charge in [0.25, 0.3) is 0 Å². The molecule has 0 aromatic heterocycles. The van der Waals surface area contributed by atoms with E-state index in [9.17, 15) is 9.59 Å². The van der Waals surface area contributed by atoms with Crippen LogP contribution in [-0.2, 0) is 14.3 Å². The fraction of sp³-hybridized carbons (Fsp3) is 0.500. The Bertz CT molecular complexity index is 547. The van der Waals surface area contributed by atoms with Gasteiger partial charge >= 0.3 is 5.97 Å². The van der Waals surface area contributed by atoms with E-state index in [4.69, 9.17) is 4.74 Å². The van der Waals surface area contributed by atoms with E-state index in [1.54, 1.807) is 18.7 Å². The van der Waals surface area contributed by atoms with Crippen LogP contribution >= 0.6 is 0 Å². The number of methoxy groups -OCH3 is 1. The van der Waals surface area contributed by atoms with Crippen LogP contribution in [0.3, 0.4) is 0 Å². The lowest BCUT2D eigenvalue weighted by Crippen LogP contribution is -2.36. The molecule has 1 amide bonds. The third kappa shape index (κ3) is 1.99. The van der Waals surface area contributed by atoms with Crippen LogP contribution in [0.1, 0.15) is 25.0 Å². The Morgan fingerprint density at radius 2 is 1.90 bits per heavy atom. The number of carbonyl (C=O) groups is 2. The zero-order valence-corrected chi connectivity index (χ0v) is 12.7. The Labute approximate surface area is 119 Å². The van der Waals surface area contributed by atoms with Crippen molar-refractivity contribution in [2.24, 2.45) is 11.3 Å². The molecule has 2 atom stereocenters. The number of carbonyl (C=O) groups excluding carboxylic acids is 2. The summed E-state index contributed by atoms with van der Waals surface area (Å²) in [6, 6.07) is 5.93. The van der Waals surface area contributed by atoms with Crippen LogP contribution in [0.15, 0.2) is 18.2 Å². The minimum atomic E-state index is -0.791. The van der Waals surface area contributed by atoms with E-state index in [1.165, 1.54) is 7.11 Å². The summed E-state index contributed by atoms with van der Waals surface area (Å²) in [6.07, 6.45) is 0. The van der Waals surface area contributed by atoms with E-state index in [2.05, 4.69) is 0 Å². The zero-order chi connectivity index (χ0) is 15.1. The molecule has 1 heterocycles. The monoisotopic (exact) mass is 275 g/mol. The molecule has 20 heavy (non-hydrogen) atoms. The number of para-hydroxylation sites is 1. The maximum absolute atomic E-state index is 12.6. The molecule has 0 saturated carbocycles. The average Bonchev–Trinajstić information content (AvgIpc) is 2.64. The number of nitrogens with zero attached hydrogens (tertiary/aromatic N) is 1. The molecule has 2 unspecified atom stereocenters. The predicted octanol–water partition coefficient (Wildman–Crippen LogP) is 2.47. The summed E-state index contributed by atoms with van der Waals surface area (Å²) < 4.78 is 4.88. The molecule has 2 rings (SSSR count). The van der Waals surface area contributed by atoms with Gasteiger partial charge in [-0.25, -0.2) is 0 Å². The van der Waals surface area contributed by atoms with Gasteiger partial charge in [-0.2, -0.15) is 0 Å². The Kier molecular flexibility index (Phi) is 3.59. The molecule has 1 aliphatic heterocycles. The number of hydrogen-bond acceptors (Lipinski definition) is 3. The van der Waals surface area contributed by atoms with Gasteiger partial charge in [-0.3, -0.25) is 9.59 Å². The summed E-state index contributed by atoms with van der Waals surface area (Å²) in [5.41, 5.74) is 2.21. The second kappa shape index (κ2) is 4.93. The largest absolute Gasteiger partial charge is 0.469 e. The molecule has 4 heteroatoms. The minimum Gasteiger partial charge on any atom is -0.469 e. The molecule has 0 N–H and O–H groups in total. The number of hydrogen-bond donors (Lipinski definition) is 0. The molecule has 0 radical (unpaired) electrons. The standard InChI is InChI=1S/C16H21NO3/c1-10-7-6-8-11(2)13(10)17-9-16(4,15(19)20-5)12(3)14(17)18/h6-8,12H,9H2,1-5H3. The van der Waals surface area contributed by atoms with Crippen molar-refractivity contribution in [2.45, 2.75) is 27.7 Å². The van der Waals surface area contributed by atoms with Crippen molar-refractivity contribution in [1.82, 2.24) is 0 Å². The van der Waals surface area contributed by atoms with Gasteiger partial charge in [0.1, 0.15) is 0 Å². The van der Waals surface area contributed by atoms with Crippen LogP contribution in [0.25, 0.3) is 0 Å². The molecule has 108 valence electrons. The van der Waals surface area contributed by atoms with E-state index in [-0.39, 0.29) is 17.8 Å². The third-order valence-electron chi connectivity index (χ3n) is 4.44. The number of esters is 1. The number of ether oxygens (including phenoxy) is 1. The highest BCUT2D eigenvalue weighted by Gasteiger charge is 2.53. The number of amides is 1. The molecule has 1 aliphatic rings. The first-order valence-electron chi connectivity index (χ1n) is 6.79. The van der Waals surface area contributed by atoms with Gasteiger partial charge in [-0.05, 0) is 31.9 Å². The lowest BCUT2D eigenvalue weighted by Gasteiger charge is -2.25. The first-order chi connectivity index (χ1) is 9.32. The number of anilines is 1. The van der Waals surface area contributed by atoms with Gasteiger partial charge in [0.15, 0.2) is 0 Å². The van der Waals surface area contributed by atoms with E-state index < -0.39 is 5.41 Å². The summed E-state index contributed by atoms with van der Waals surface area (Å²) in [7, 11) is 1.37. The van der Waals surface area contributed by atoms with Gasteiger partial charge in [0.2, 0.25) is 5.91 Å². The van der Waals surface area contributed by atoms with Crippen LogP contribution in [-0.4, -0.2) is 25.5 Å². The Morgan fingerprint density at radius 3 is 2.40 bits per heavy atom. The Morgan fingerprint density at radius 1 is 1.35 bits per heavy atom. The van der Waals surface area contributed by atoms with E-state index in [0.717, 1.165) is 16.8 Å². The molecule has 0 bridgehead atoms. The SMILES string of the molecule is COC(=O)C1(C)CN(c2c(C)cccc2C)C(=O)C1C. The van der Waals surface area contributed by atoms with Gasteiger partial charge in [-0.1, -0.05) is 25.1 Å². The molecule has 0 aliphatic carbocycles. The summed E-state index contributed by atoms with van der Waals surface area (Å²) in [4.78, 5) is 26.3. The van der Waals surface area contributed by atoms with Crippen molar-refractivity contribution >= 4 is 17.6 Å². The number of rotatable bonds is 2. The van der Waals surface area contributed by atoms with Crippen LogP contribution < -0.4 is 4.90 Å². The molecule has 1 fully saturated rings. The molecule has 4 nitrogen and oxygen atoms in total. The first kappa shape index (κ1) is 14.6. The second-order valence-electron chi connectivity index (χ2n) is 5.80. The second-order valence-corrected chi connectivity index (χ2v) is 5.80.